The molecule has 0 saturated heterocycles. The fourth-order valence-electron chi connectivity index (χ4n) is 2.93. The Balaban J connectivity index is 1.92. The predicted octanol–water partition coefficient (Wildman–Crippen LogP) is 4.28. The second kappa shape index (κ2) is 11.0. The van der Waals surface area contributed by atoms with E-state index in [4.69, 9.17) is 4.74 Å². The zero-order valence-electron chi connectivity index (χ0n) is 16.8. The number of nitrogens with one attached hydrogen (secondary N) is 2. The minimum Gasteiger partial charge on any atom is -0.496 e. The molecule has 2 aromatic carbocycles. The summed E-state index contributed by atoms with van der Waals surface area (Å²) in [5.41, 5.74) is 2.15. The average Bonchev–Trinajstić information content (AvgIpc) is 2.72. The molecule has 150 valence electrons. The van der Waals surface area contributed by atoms with Gasteiger partial charge in [0.15, 0.2) is 0 Å². The summed E-state index contributed by atoms with van der Waals surface area (Å²) in [5.74, 6) is 0.755. The van der Waals surface area contributed by atoms with Crippen LogP contribution >= 0.6 is 0 Å². The lowest BCUT2D eigenvalue weighted by atomic mass is 10.1. The van der Waals surface area contributed by atoms with Gasteiger partial charge in [-0.1, -0.05) is 32.0 Å². The first-order chi connectivity index (χ1) is 13.6. The number of nitrogens with zero attached hydrogens (tertiary/aromatic N) is 1. The molecule has 2 aromatic rings. The minimum absolute atomic E-state index is 0.0240. The van der Waals surface area contributed by atoms with Crippen molar-refractivity contribution >= 4 is 17.6 Å². The summed E-state index contributed by atoms with van der Waals surface area (Å²) < 4.78 is 5.28. The Hall–Kier alpha value is -3.02. The number of carbonyl (C=O) groups excluding carboxylic acids is 2. The van der Waals surface area contributed by atoms with E-state index in [1.54, 1.807) is 31.4 Å². The second-order valence-corrected chi connectivity index (χ2v) is 6.49. The Morgan fingerprint density at radius 3 is 2.21 bits per heavy atom. The lowest BCUT2D eigenvalue weighted by Gasteiger charge is -2.21. The number of anilines is 1. The molecule has 3 amide bonds. The standard InChI is InChI=1S/C22H29N3O3/c1-4-14-25(15-5-2)21(26)17-10-12-19(13-11-17)24-22(27)23-16-18-8-6-7-9-20(18)28-3/h6-13H,4-5,14-16H2,1-3H3,(H2,23,24,27). The number of amides is 3. The molecule has 2 N–H and O–H groups in total. The Bertz CT molecular complexity index is 769. The summed E-state index contributed by atoms with van der Waals surface area (Å²) in [6.45, 7) is 5.98. The van der Waals surface area contributed by atoms with Gasteiger partial charge in [-0.3, -0.25) is 4.79 Å². The highest BCUT2D eigenvalue weighted by Crippen LogP contribution is 2.17. The van der Waals surface area contributed by atoms with E-state index in [9.17, 15) is 9.59 Å². The average molecular weight is 383 g/mol. The second-order valence-electron chi connectivity index (χ2n) is 6.49. The molecular formula is C22H29N3O3. The van der Waals surface area contributed by atoms with Gasteiger partial charge in [0.2, 0.25) is 0 Å². The molecule has 0 heterocycles. The first-order valence-electron chi connectivity index (χ1n) is 9.65. The Kier molecular flexibility index (Phi) is 8.34. The smallest absolute Gasteiger partial charge is 0.319 e. The van der Waals surface area contributed by atoms with E-state index >= 15 is 0 Å². The van der Waals surface area contributed by atoms with Crippen molar-refractivity contribution in [1.29, 1.82) is 0 Å². The zero-order valence-corrected chi connectivity index (χ0v) is 16.8. The summed E-state index contributed by atoms with van der Waals surface area (Å²) in [6, 6.07) is 14.2. The summed E-state index contributed by atoms with van der Waals surface area (Å²) in [7, 11) is 1.60. The third kappa shape index (κ3) is 6.01. The van der Waals surface area contributed by atoms with Gasteiger partial charge in [0.25, 0.3) is 5.91 Å². The number of urea groups is 1. The van der Waals surface area contributed by atoms with Crippen LogP contribution in [0.15, 0.2) is 48.5 Å². The van der Waals surface area contributed by atoms with Crippen molar-refractivity contribution in [2.75, 3.05) is 25.5 Å². The van der Waals surface area contributed by atoms with Gasteiger partial charge in [0.05, 0.1) is 7.11 Å². The van der Waals surface area contributed by atoms with Gasteiger partial charge < -0.3 is 20.3 Å². The topological polar surface area (TPSA) is 70.7 Å². The number of rotatable bonds is 9. The third-order valence-corrected chi connectivity index (χ3v) is 4.30. The molecule has 28 heavy (non-hydrogen) atoms. The van der Waals surface area contributed by atoms with Crippen LogP contribution in [0, 0.1) is 0 Å². The number of hydrogen-bond donors (Lipinski definition) is 2. The van der Waals surface area contributed by atoms with E-state index in [-0.39, 0.29) is 11.9 Å². The van der Waals surface area contributed by atoms with E-state index in [1.807, 2.05) is 29.2 Å². The van der Waals surface area contributed by atoms with E-state index in [0.717, 1.165) is 37.2 Å². The molecule has 0 spiro atoms. The van der Waals surface area contributed by atoms with Crippen molar-refractivity contribution in [1.82, 2.24) is 10.2 Å². The van der Waals surface area contributed by atoms with Crippen LogP contribution in [0.3, 0.4) is 0 Å². The van der Waals surface area contributed by atoms with E-state index < -0.39 is 0 Å². The first kappa shape index (κ1) is 21.3. The van der Waals surface area contributed by atoms with E-state index in [1.165, 1.54) is 0 Å². The number of hydrogen-bond acceptors (Lipinski definition) is 3. The molecular weight excluding hydrogens is 354 g/mol. The molecule has 6 nitrogen and oxygen atoms in total. The van der Waals surface area contributed by atoms with Crippen molar-refractivity contribution in [3.63, 3.8) is 0 Å². The maximum absolute atomic E-state index is 12.6. The maximum atomic E-state index is 12.6. The Morgan fingerprint density at radius 2 is 1.61 bits per heavy atom. The van der Waals surface area contributed by atoms with Gasteiger partial charge in [-0.2, -0.15) is 0 Å². The molecule has 0 bridgehead atoms. The van der Waals surface area contributed by atoms with Crippen LogP contribution in [0.4, 0.5) is 10.5 Å². The lowest BCUT2D eigenvalue weighted by Crippen LogP contribution is -2.32. The fourth-order valence-corrected chi connectivity index (χ4v) is 2.93. The van der Waals surface area contributed by atoms with Crippen LogP contribution in [0.25, 0.3) is 0 Å². The van der Waals surface area contributed by atoms with Gasteiger partial charge in [-0.05, 0) is 43.2 Å². The SMILES string of the molecule is CCCN(CCC)C(=O)c1ccc(NC(=O)NCc2ccccc2OC)cc1. The highest BCUT2D eigenvalue weighted by atomic mass is 16.5. The van der Waals surface area contributed by atoms with Crippen LogP contribution < -0.4 is 15.4 Å². The van der Waals surface area contributed by atoms with Crippen molar-refractivity contribution in [2.45, 2.75) is 33.2 Å². The van der Waals surface area contributed by atoms with Crippen LogP contribution in [0.1, 0.15) is 42.6 Å². The largest absolute Gasteiger partial charge is 0.496 e. The summed E-state index contributed by atoms with van der Waals surface area (Å²) in [6.07, 6.45) is 1.86. The number of methoxy groups -OCH3 is 1. The molecule has 0 atom stereocenters. The van der Waals surface area contributed by atoms with Gasteiger partial charge in [-0.15, -0.1) is 0 Å². The van der Waals surface area contributed by atoms with Gasteiger partial charge in [0.1, 0.15) is 5.75 Å². The highest BCUT2D eigenvalue weighted by molar-refractivity contribution is 5.95. The zero-order chi connectivity index (χ0) is 20.4. The normalized spacial score (nSPS) is 10.2. The van der Waals surface area contributed by atoms with Gasteiger partial charge >= 0.3 is 6.03 Å². The number of ether oxygens (including phenoxy) is 1. The molecule has 0 aliphatic carbocycles. The summed E-state index contributed by atoms with van der Waals surface area (Å²) in [4.78, 5) is 26.6. The number of para-hydroxylation sites is 1. The Morgan fingerprint density at radius 1 is 0.964 bits per heavy atom. The third-order valence-electron chi connectivity index (χ3n) is 4.30. The van der Waals surface area contributed by atoms with Crippen molar-refractivity contribution in [3.05, 3.63) is 59.7 Å². The van der Waals surface area contributed by atoms with Gasteiger partial charge in [0, 0.05) is 36.4 Å². The predicted molar refractivity (Wildman–Crippen MR) is 112 cm³/mol. The van der Waals surface area contributed by atoms with Crippen molar-refractivity contribution < 1.29 is 14.3 Å². The number of carbonyl (C=O) groups is 2. The molecule has 0 radical (unpaired) electrons. The first-order valence-corrected chi connectivity index (χ1v) is 9.65. The van der Waals surface area contributed by atoms with Crippen molar-refractivity contribution in [2.24, 2.45) is 0 Å². The molecule has 0 fully saturated rings. The molecule has 6 heteroatoms. The minimum atomic E-state index is -0.316. The summed E-state index contributed by atoms with van der Waals surface area (Å²) >= 11 is 0. The highest BCUT2D eigenvalue weighted by Gasteiger charge is 2.14. The van der Waals surface area contributed by atoms with E-state index in [2.05, 4.69) is 24.5 Å². The monoisotopic (exact) mass is 383 g/mol. The molecule has 0 unspecified atom stereocenters. The van der Waals surface area contributed by atoms with E-state index in [0.29, 0.717) is 17.8 Å². The molecule has 0 aromatic heterocycles. The molecule has 2 rings (SSSR count). The van der Waals surface area contributed by atoms with Crippen molar-refractivity contribution in [3.8, 4) is 5.75 Å². The molecule has 0 saturated carbocycles. The summed E-state index contributed by atoms with van der Waals surface area (Å²) in [5, 5.41) is 5.59. The maximum Gasteiger partial charge on any atom is 0.319 e. The lowest BCUT2D eigenvalue weighted by molar-refractivity contribution is 0.0755. The van der Waals surface area contributed by atoms with Crippen LogP contribution in [-0.4, -0.2) is 37.0 Å². The molecule has 0 aliphatic rings. The fraction of sp³-hybridized carbons (Fsp3) is 0.364. The Labute approximate surface area is 166 Å². The van der Waals surface area contributed by atoms with Crippen LogP contribution in [-0.2, 0) is 6.54 Å². The molecule has 0 aliphatic heterocycles. The van der Waals surface area contributed by atoms with Gasteiger partial charge in [-0.25, -0.2) is 4.79 Å². The quantitative estimate of drug-likeness (QED) is 0.679. The van der Waals surface area contributed by atoms with Crippen LogP contribution in [0.5, 0.6) is 5.75 Å². The number of benzene rings is 2. The van der Waals surface area contributed by atoms with Crippen LogP contribution in [0.2, 0.25) is 0 Å².